The topological polar surface area (TPSA) is 18.5 Å². The molecule has 0 aromatic rings. The van der Waals surface area contributed by atoms with Crippen molar-refractivity contribution in [1.29, 1.82) is 0 Å². The average Bonchev–Trinajstić information content (AvgIpc) is 2.49. The van der Waals surface area contributed by atoms with Gasteiger partial charge in [-0.25, -0.2) is 0 Å². The fourth-order valence-corrected chi connectivity index (χ4v) is 6.58. The highest BCUT2D eigenvalue weighted by molar-refractivity contribution is 6.74. The van der Waals surface area contributed by atoms with Crippen LogP contribution in [0.1, 0.15) is 54.9 Å². The molecule has 0 saturated heterocycles. The summed E-state index contributed by atoms with van der Waals surface area (Å²) in [5, 5.41) is 0.266. The second kappa shape index (κ2) is 9.54. The van der Waals surface area contributed by atoms with E-state index in [9.17, 15) is 0 Å². The van der Waals surface area contributed by atoms with E-state index < -0.39 is 16.6 Å². The van der Waals surface area contributed by atoms with Crippen molar-refractivity contribution < 1.29 is 8.85 Å². The summed E-state index contributed by atoms with van der Waals surface area (Å²) in [6.07, 6.45) is 3.27. The molecule has 0 rings (SSSR count). The Morgan fingerprint density at radius 3 is 1.87 bits per heavy atom. The Morgan fingerprint density at radius 1 is 1.04 bits per heavy atom. The first-order valence-corrected chi connectivity index (χ1v) is 14.9. The zero-order valence-corrected chi connectivity index (χ0v) is 19.3. The zero-order chi connectivity index (χ0) is 18.3. The van der Waals surface area contributed by atoms with Crippen LogP contribution in [0.25, 0.3) is 0 Å². The zero-order valence-electron chi connectivity index (χ0n) is 17.3. The van der Waals surface area contributed by atoms with Gasteiger partial charge in [0, 0.05) is 6.61 Å². The van der Waals surface area contributed by atoms with Crippen LogP contribution in [0.5, 0.6) is 0 Å². The molecule has 0 aliphatic carbocycles. The van der Waals surface area contributed by atoms with Crippen LogP contribution in [0.15, 0.2) is 12.7 Å². The number of hydrogen-bond acceptors (Lipinski definition) is 2. The molecule has 23 heavy (non-hydrogen) atoms. The largest absolute Gasteiger partial charge is 0.417 e. The van der Waals surface area contributed by atoms with Gasteiger partial charge in [-0.3, -0.25) is 0 Å². The third-order valence-corrected chi connectivity index (χ3v) is 15.2. The predicted octanol–water partition coefficient (Wildman–Crippen LogP) is 6.61. The summed E-state index contributed by atoms with van der Waals surface area (Å²) in [5.41, 5.74) is 0. The third-order valence-electron chi connectivity index (χ3n) is 5.96. The molecular formula is C19H42O2Si2. The van der Waals surface area contributed by atoms with E-state index in [2.05, 4.69) is 68.1 Å². The molecule has 0 fully saturated rings. The van der Waals surface area contributed by atoms with Crippen LogP contribution in [0.3, 0.4) is 0 Å². The number of hydrogen-bond donors (Lipinski definition) is 0. The molecule has 0 radical (unpaired) electrons. The Labute approximate surface area is 148 Å². The van der Waals surface area contributed by atoms with Gasteiger partial charge in [0.1, 0.15) is 0 Å². The quantitative estimate of drug-likeness (QED) is 0.305. The van der Waals surface area contributed by atoms with Crippen LogP contribution in [-0.4, -0.2) is 29.3 Å². The number of rotatable bonds is 11. The molecular weight excluding hydrogens is 316 g/mol. The summed E-state index contributed by atoms with van der Waals surface area (Å²) in [6, 6.07) is 3.59. The molecule has 2 nitrogen and oxygen atoms in total. The Balaban J connectivity index is 4.86. The highest BCUT2D eigenvalue weighted by Crippen LogP contribution is 2.37. The molecule has 2 atom stereocenters. The predicted molar refractivity (Wildman–Crippen MR) is 109 cm³/mol. The van der Waals surface area contributed by atoms with Crippen molar-refractivity contribution in [2.24, 2.45) is 5.92 Å². The fraction of sp³-hybridized carbons (Fsp3) is 0.895. The molecule has 0 bridgehead atoms. The van der Waals surface area contributed by atoms with Gasteiger partial charge in [0.05, 0.1) is 6.10 Å². The highest BCUT2D eigenvalue weighted by atomic mass is 28.4. The van der Waals surface area contributed by atoms with E-state index in [4.69, 9.17) is 8.85 Å². The van der Waals surface area contributed by atoms with Crippen molar-refractivity contribution >= 4 is 16.6 Å². The van der Waals surface area contributed by atoms with Crippen molar-refractivity contribution in [3.8, 4) is 0 Å². The Kier molecular flexibility index (Phi) is 9.58. The van der Waals surface area contributed by atoms with Gasteiger partial charge in [-0.05, 0) is 48.6 Å². The van der Waals surface area contributed by atoms with E-state index in [1.54, 1.807) is 0 Å². The van der Waals surface area contributed by atoms with E-state index in [-0.39, 0.29) is 11.1 Å². The van der Waals surface area contributed by atoms with Crippen molar-refractivity contribution in [1.82, 2.24) is 0 Å². The first kappa shape index (κ1) is 23.1. The molecule has 0 amide bonds. The van der Waals surface area contributed by atoms with Gasteiger partial charge in [-0.15, -0.1) is 6.58 Å². The summed E-state index contributed by atoms with van der Waals surface area (Å²) < 4.78 is 13.1. The summed E-state index contributed by atoms with van der Waals surface area (Å²) in [5.74, 6) is 0.384. The molecule has 0 N–H and O–H groups in total. The fourth-order valence-electron chi connectivity index (χ4n) is 2.55. The lowest BCUT2D eigenvalue weighted by Gasteiger charge is -2.38. The molecule has 0 aromatic heterocycles. The molecule has 0 saturated carbocycles. The normalized spacial score (nSPS) is 16.2. The van der Waals surface area contributed by atoms with Gasteiger partial charge < -0.3 is 8.85 Å². The summed E-state index contributed by atoms with van der Waals surface area (Å²) in [7, 11) is -3.25. The lowest BCUT2D eigenvalue weighted by atomic mass is 10.0. The second-order valence-corrected chi connectivity index (χ2v) is 17.9. The Bertz CT molecular complexity index is 336. The van der Waals surface area contributed by atoms with Crippen LogP contribution in [0.4, 0.5) is 0 Å². The molecule has 138 valence electrons. The lowest BCUT2D eigenvalue weighted by Crippen LogP contribution is -2.44. The minimum absolute atomic E-state index is 0.254. The smallest absolute Gasteiger partial charge is 0.192 e. The molecule has 0 aliphatic heterocycles. The van der Waals surface area contributed by atoms with Crippen LogP contribution < -0.4 is 0 Å². The maximum atomic E-state index is 6.74. The van der Waals surface area contributed by atoms with E-state index in [0.29, 0.717) is 5.92 Å². The molecule has 0 unspecified atom stereocenters. The van der Waals surface area contributed by atoms with Gasteiger partial charge in [-0.2, -0.15) is 0 Å². The first-order valence-electron chi connectivity index (χ1n) is 9.43. The lowest BCUT2D eigenvalue weighted by molar-refractivity contribution is 0.116. The molecule has 0 heterocycles. The molecule has 4 heteroatoms. The van der Waals surface area contributed by atoms with E-state index >= 15 is 0 Å². The van der Waals surface area contributed by atoms with Crippen molar-refractivity contribution in [3.05, 3.63) is 12.7 Å². The monoisotopic (exact) mass is 358 g/mol. The first-order chi connectivity index (χ1) is 10.5. The van der Waals surface area contributed by atoms with Crippen LogP contribution in [0, 0.1) is 5.92 Å². The molecule has 0 spiro atoms. The van der Waals surface area contributed by atoms with Crippen molar-refractivity contribution in [2.45, 2.75) is 97.3 Å². The van der Waals surface area contributed by atoms with Crippen LogP contribution >= 0.6 is 0 Å². The minimum atomic E-state index is -1.67. The van der Waals surface area contributed by atoms with E-state index in [1.165, 1.54) is 18.1 Å². The summed E-state index contributed by atoms with van der Waals surface area (Å²) in [6.45, 7) is 25.4. The van der Waals surface area contributed by atoms with Crippen LogP contribution in [0.2, 0.25) is 36.3 Å². The third kappa shape index (κ3) is 6.85. The maximum absolute atomic E-state index is 6.74. The van der Waals surface area contributed by atoms with Crippen LogP contribution in [-0.2, 0) is 8.85 Å². The Hall–Kier alpha value is 0.0938. The van der Waals surface area contributed by atoms with Crippen molar-refractivity contribution in [2.75, 3.05) is 6.61 Å². The maximum Gasteiger partial charge on any atom is 0.192 e. The summed E-state index contributed by atoms with van der Waals surface area (Å²) in [4.78, 5) is 0. The standard InChI is InChI=1S/C19H42O2Si2/c1-11-17(5)18(21-23(12-2,13-3)14-4)15-16-20-22(9,10)19(6,7)8/h11,17-18H,1,12-16H2,2-10H3/t17-,18+/m0/s1. The summed E-state index contributed by atoms with van der Waals surface area (Å²) >= 11 is 0. The van der Waals surface area contributed by atoms with Gasteiger partial charge in [-0.1, -0.05) is 54.5 Å². The van der Waals surface area contributed by atoms with Gasteiger partial charge in [0.2, 0.25) is 0 Å². The highest BCUT2D eigenvalue weighted by Gasteiger charge is 2.38. The minimum Gasteiger partial charge on any atom is -0.417 e. The van der Waals surface area contributed by atoms with E-state index in [1.807, 2.05) is 6.08 Å². The molecule has 0 aliphatic rings. The van der Waals surface area contributed by atoms with Crippen molar-refractivity contribution in [3.63, 3.8) is 0 Å². The van der Waals surface area contributed by atoms with Gasteiger partial charge in [0.15, 0.2) is 16.6 Å². The SMILES string of the molecule is C=C[C@H](C)[C@@H](CCO[Si](C)(C)C(C)(C)C)O[Si](CC)(CC)CC. The molecule has 0 aromatic carbocycles. The van der Waals surface area contributed by atoms with Gasteiger partial charge >= 0.3 is 0 Å². The Morgan fingerprint density at radius 2 is 1.52 bits per heavy atom. The van der Waals surface area contributed by atoms with E-state index in [0.717, 1.165) is 13.0 Å². The average molecular weight is 359 g/mol. The van der Waals surface area contributed by atoms with Gasteiger partial charge in [0.25, 0.3) is 0 Å². The second-order valence-electron chi connectivity index (χ2n) is 8.39.